The first-order valence-corrected chi connectivity index (χ1v) is 13.9. The first-order valence-electron chi connectivity index (χ1n) is 13.9. The van der Waals surface area contributed by atoms with Crippen LogP contribution in [0.25, 0.3) is 11.1 Å². The van der Waals surface area contributed by atoms with Crippen molar-refractivity contribution in [2.24, 2.45) is 0 Å². The highest BCUT2D eigenvalue weighted by atomic mass is 16.5. The monoisotopic (exact) mass is 522 g/mol. The number of ether oxygens (including phenoxy) is 2. The molecule has 4 aromatic rings. The maximum absolute atomic E-state index is 9.29. The van der Waals surface area contributed by atoms with Crippen LogP contribution < -0.4 is 9.47 Å². The van der Waals surface area contributed by atoms with E-state index in [1.165, 1.54) is 44.5 Å². The van der Waals surface area contributed by atoms with Crippen molar-refractivity contribution < 1.29 is 19.7 Å². The number of aliphatic hydroxyl groups is 2. The van der Waals surface area contributed by atoms with E-state index in [0.29, 0.717) is 0 Å². The summed E-state index contributed by atoms with van der Waals surface area (Å²) in [5.74, 6) is 1.57. The molecule has 2 N–H and O–H groups in total. The molecule has 0 radical (unpaired) electrons. The average molecular weight is 523 g/mol. The van der Waals surface area contributed by atoms with Crippen molar-refractivity contribution in [3.05, 3.63) is 117 Å². The predicted molar refractivity (Wildman–Crippen MR) is 157 cm³/mol. The molecule has 0 aliphatic heterocycles. The number of rotatable bonds is 10. The minimum Gasteiger partial charge on any atom is -0.491 e. The molecule has 0 unspecified atom stereocenters. The molecule has 0 bridgehead atoms. The third kappa shape index (κ3) is 4.62. The van der Waals surface area contributed by atoms with Gasteiger partial charge in [-0.15, -0.1) is 0 Å². The summed E-state index contributed by atoms with van der Waals surface area (Å²) < 4.78 is 11.7. The Balaban J connectivity index is 1.83. The fraction of sp³-hybridized carbons (Fsp3) is 0.314. The topological polar surface area (TPSA) is 58.9 Å². The van der Waals surface area contributed by atoms with Gasteiger partial charge in [0.25, 0.3) is 0 Å². The van der Waals surface area contributed by atoms with E-state index in [9.17, 15) is 10.2 Å². The molecule has 0 heterocycles. The van der Waals surface area contributed by atoms with Crippen molar-refractivity contribution in [3.8, 4) is 22.6 Å². The van der Waals surface area contributed by atoms with E-state index in [0.717, 1.165) is 35.5 Å². The highest BCUT2D eigenvalue weighted by Crippen LogP contribution is 2.57. The third-order valence-corrected chi connectivity index (χ3v) is 8.00. The molecule has 0 saturated carbocycles. The van der Waals surface area contributed by atoms with Crippen LogP contribution in [0.4, 0.5) is 0 Å². The lowest BCUT2D eigenvalue weighted by molar-refractivity contribution is 0.200. The van der Waals surface area contributed by atoms with Gasteiger partial charge in [-0.2, -0.15) is 0 Å². The van der Waals surface area contributed by atoms with E-state index in [2.05, 4.69) is 88.4 Å². The molecule has 0 atom stereocenters. The fourth-order valence-corrected chi connectivity index (χ4v) is 6.06. The van der Waals surface area contributed by atoms with Crippen LogP contribution in [-0.4, -0.2) is 36.6 Å². The van der Waals surface area contributed by atoms with E-state index in [1.807, 2.05) is 12.1 Å². The van der Waals surface area contributed by atoms with Crippen molar-refractivity contribution in [1.82, 2.24) is 0 Å². The minimum absolute atomic E-state index is 0.0185. The molecule has 0 fully saturated rings. The van der Waals surface area contributed by atoms with Gasteiger partial charge in [-0.25, -0.2) is 0 Å². The molecular formula is C35H38O4. The summed E-state index contributed by atoms with van der Waals surface area (Å²) in [5.41, 5.74) is 11.7. The first-order chi connectivity index (χ1) is 19.0. The van der Waals surface area contributed by atoms with E-state index < -0.39 is 5.41 Å². The van der Waals surface area contributed by atoms with Gasteiger partial charge in [0.15, 0.2) is 0 Å². The van der Waals surface area contributed by atoms with Crippen molar-refractivity contribution in [2.75, 3.05) is 26.4 Å². The van der Waals surface area contributed by atoms with Gasteiger partial charge in [-0.05, 0) is 94.5 Å². The van der Waals surface area contributed by atoms with Crippen molar-refractivity contribution in [3.63, 3.8) is 0 Å². The summed E-state index contributed by atoms with van der Waals surface area (Å²) in [6.45, 7) is 9.05. The van der Waals surface area contributed by atoms with Gasteiger partial charge in [0, 0.05) is 0 Å². The molecule has 0 spiro atoms. The zero-order valence-corrected chi connectivity index (χ0v) is 23.4. The number of hydrogen-bond donors (Lipinski definition) is 2. The molecule has 0 saturated heterocycles. The van der Waals surface area contributed by atoms with Gasteiger partial charge < -0.3 is 19.7 Å². The van der Waals surface area contributed by atoms with E-state index >= 15 is 0 Å². The number of hydrogen-bond acceptors (Lipinski definition) is 4. The summed E-state index contributed by atoms with van der Waals surface area (Å²) in [6.07, 6.45) is 1.96. The second-order valence-electron chi connectivity index (χ2n) is 10.3. The van der Waals surface area contributed by atoms with Crippen LogP contribution >= 0.6 is 0 Å². The summed E-state index contributed by atoms with van der Waals surface area (Å²) in [6, 6.07) is 26.8. The molecule has 1 aliphatic rings. The summed E-state index contributed by atoms with van der Waals surface area (Å²) in [5, 5.41) is 18.6. The second kappa shape index (κ2) is 11.3. The van der Waals surface area contributed by atoms with Crippen LogP contribution in [0.2, 0.25) is 0 Å². The van der Waals surface area contributed by atoms with Crippen LogP contribution in [0, 0.1) is 13.8 Å². The third-order valence-electron chi connectivity index (χ3n) is 8.00. The van der Waals surface area contributed by atoms with Gasteiger partial charge in [0.05, 0.1) is 18.6 Å². The molecule has 0 aromatic heterocycles. The Morgan fingerprint density at radius 3 is 1.38 bits per heavy atom. The molecule has 4 nitrogen and oxygen atoms in total. The molecule has 4 heteroatoms. The zero-order chi connectivity index (χ0) is 27.6. The maximum atomic E-state index is 9.29. The Kier molecular flexibility index (Phi) is 7.79. The lowest BCUT2D eigenvalue weighted by atomic mass is 9.67. The Morgan fingerprint density at radius 1 is 0.590 bits per heavy atom. The van der Waals surface area contributed by atoms with Gasteiger partial charge in [-0.1, -0.05) is 74.5 Å². The van der Waals surface area contributed by atoms with Crippen LogP contribution in [-0.2, 0) is 18.3 Å². The van der Waals surface area contributed by atoms with Gasteiger partial charge >= 0.3 is 0 Å². The molecule has 39 heavy (non-hydrogen) atoms. The Hall–Kier alpha value is -3.60. The van der Waals surface area contributed by atoms with Crippen LogP contribution in [0.3, 0.4) is 0 Å². The zero-order valence-electron chi connectivity index (χ0n) is 23.4. The Morgan fingerprint density at radius 2 is 1.03 bits per heavy atom. The highest BCUT2D eigenvalue weighted by Gasteiger charge is 2.46. The van der Waals surface area contributed by atoms with Gasteiger partial charge in [-0.3, -0.25) is 0 Å². The molecular weight excluding hydrogens is 484 g/mol. The standard InChI is InChI=1S/C35H38O4/c1-5-25-7-11-31-29(21-25)30-22-26(6-2)8-12-32(30)35(31,27-9-13-33(23(3)19-27)38-17-15-36)28-10-14-34(24(4)20-28)39-18-16-37/h7-14,19-22,36-37H,5-6,15-18H2,1-4H3. The molecule has 1 aliphatic carbocycles. The van der Waals surface area contributed by atoms with E-state index in [-0.39, 0.29) is 26.4 Å². The number of aliphatic hydroxyl groups excluding tert-OH is 2. The quantitative estimate of drug-likeness (QED) is 0.219. The normalized spacial score (nSPS) is 13.2. The molecule has 0 amide bonds. The second-order valence-corrected chi connectivity index (χ2v) is 10.3. The molecule has 5 rings (SSSR count). The van der Waals surface area contributed by atoms with Crippen molar-refractivity contribution >= 4 is 0 Å². The smallest absolute Gasteiger partial charge is 0.122 e. The number of fused-ring (bicyclic) bond motifs is 3. The summed E-state index contributed by atoms with van der Waals surface area (Å²) in [7, 11) is 0. The molecule has 4 aromatic carbocycles. The van der Waals surface area contributed by atoms with Gasteiger partial charge in [0.2, 0.25) is 0 Å². The van der Waals surface area contributed by atoms with Crippen molar-refractivity contribution in [1.29, 1.82) is 0 Å². The van der Waals surface area contributed by atoms with E-state index in [4.69, 9.17) is 9.47 Å². The first kappa shape index (κ1) is 27.0. The van der Waals surface area contributed by atoms with Gasteiger partial charge in [0.1, 0.15) is 24.7 Å². The lowest BCUT2D eigenvalue weighted by Crippen LogP contribution is -2.29. The highest BCUT2D eigenvalue weighted by molar-refractivity contribution is 5.87. The summed E-state index contributed by atoms with van der Waals surface area (Å²) >= 11 is 0. The van der Waals surface area contributed by atoms with E-state index in [1.54, 1.807) is 0 Å². The van der Waals surface area contributed by atoms with Crippen molar-refractivity contribution in [2.45, 2.75) is 46.0 Å². The van der Waals surface area contributed by atoms with Crippen LogP contribution in [0.15, 0.2) is 72.8 Å². The minimum atomic E-state index is -0.524. The fourth-order valence-electron chi connectivity index (χ4n) is 6.06. The SMILES string of the molecule is CCc1ccc2c(c1)-c1cc(CC)ccc1C2(c1ccc(OCCO)c(C)c1)c1ccc(OCCO)c(C)c1. The van der Waals surface area contributed by atoms with Crippen LogP contribution in [0.5, 0.6) is 11.5 Å². The average Bonchev–Trinajstić information content (AvgIpc) is 3.25. The number of aryl methyl sites for hydroxylation is 4. The number of benzene rings is 4. The summed E-state index contributed by atoms with van der Waals surface area (Å²) in [4.78, 5) is 0. The lowest BCUT2D eigenvalue weighted by Gasteiger charge is -2.35. The largest absolute Gasteiger partial charge is 0.491 e. The predicted octanol–water partition coefficient (Wildman–Crippen LogP) is 6.53. The Labute approximate surface area is 231 Å². The molecule has 202 valence electrons. The van der Waals surface area contributed by atoms with Crippen LogP contribution in [0.1, 0.15) is 58.4 Å². The maximum Gasteiger partial charge on any atom is 0.122 e. The Bertz CT molecular complexity index is 1370.